The van der Waals surface area contributed by atoms with Crippen LogP contribution in [0, 0.1) is 5.92 Å². The molecule has 1 aromatic heterocycles. The largest absolute Gasteiger partial charge is 0.330 e. The first-order valence-corrected chi connectivity index (χ1v) is 5.88. The van der Waals surface area contributed by atoms with Gasteiger partial charge in [-0.2, -0.15) is 0 Å². The van der Waals surface area contributed by atoms with Crippen molar-refractivity contribution in [1.82, 2.24) is 9.55 Å². The maximum absolute atomic E-state index is 6.15. The van der Waals surface area contributed by atoms with Crippen molar-refractivity contribution >= 4 is 11.6 Å². The van der Waals surface area contributed by atoms with Gasteiger partial charge in [0.15, 0.2) is 5.15 Å². The summed E-state index contributed by atoms with van der Waals surface area (Å²) >= 11 is 6.15. The Labute approximate surface area is 89.3 Å². The van der Waals surface area contributed by atoms with E-state index in [-0.39, 0.29) is 0 Å². The number of imidazole rings is 1. The summed E-state index contributed by atoms with van der Waals surface area (Å²) in [5.74, 6) is 2.76. The summed E-state index contributed by atoms with van der Waals surface area (Å²) in [5, 5.41) is 0.763. The number of fused-ring (bicyclic) bond motifs is 1. The molecule has 14 heavy (non-hydrogen) atoms. The zero-order valence-electron chi connectivity index (χ0n) is 8.46. The summed E-state index contributed by atoms with van der Waals surface area (Å²) in [6, 6.07) is 0. The number of rotatable bonds is 1. The predicted molar refractivity (Wildman–Crippen MR) is 56.7 cm³/mol. The van der Waals surface area contributed by atoms with Gasteiger partial charge >= 0.3 is 0 Å². The molecule has 3 rings (SSSR count). The first-order chi connectivity index (χ1) is 6.75. The molecule has 0 bridgehead atoms. The lowest BCUT2D eigenvalue weighted by molar-refractivity contribution is 0.391. The molecular weight excluding hydrogens is 196 g/mol. The van der Waals surface area contributed by atoms with Crippen LogP contribution in [0.15, 0.2) is 0 Å². The summed E-state index contributed by atoms with van der Waals surface area (Å²) in [5.41, 5.74) is 1.28. The predicted octanol–water partition coefficient (Wildman–Crippen LogP) is 3.00. The van der Waals surface area contributed by atoms with Gasteiger partial charge in [-0.25, -0.2) is 4.98 Å². The van der Waals surface area contributed by atoms with Crippen LogP contribution in [0.3, 0.4) is 0 Å². The SMILES string of the molecule is CC1CCc2c(Cl)nc(C3CC3)n2C1. The molecule has 0 saturated heterocycles. The van der Waals surface area contributed by atoms with Crippen molar-refractivity contribution in [1.29, 1.82) is 0 Å². The van der Waals surface area contributed by atoms with Gasteiger partial charge in [0.1, 0.15) is 5.82 Å². The zero-order valence-corrected chi connectivity index (χ0v) is 9.22. The van der Waals surface area contributed by atoms with Gasteiger partial charge in [0.05, 0.1) is 5.69 Å². The van der Waals surface area contributed by atoms with Crippen molar-refractivity contribution in [2.75, 3.05) is 0 Å². The number of aromatic nitrogens is 2. The molecule has 0 N–H and O–H groups in total. The molecule has 1 atom stereocenters. The van der Waals surface area contributed by atoms with Gasteiger partial charge in [0, 0.05) is 12.5 Å². The highest BCUT2D eigenvalue weighted by molar-refractivity contribution is 6.30. The quantitative estimate of drug-likeness (QED) is 0.697. The second kappa shape index (κ2) is 2.99. The van der Waals surface area contributed by atoms with Crippen LogP contribution in [0.4, 0.5) is 0 Å². The third-order valence-electron chi connectivity index (χ3n) is 3.36. The van der Waals surface area contributed by atoms with Crippen molar-refractivity contribution in [3.63, 3.8) is 0 Å². The van der Waals surface area contributed by atoms with Gasteiger partial charge in [-0.15, -0.1) is 0 Å². The average Bonchev–Trinajstić information content (AvgIpc) is 2.93. The van der Waals surface area contributed by atoms with E-state index in [1.165, 1.54) is 30.8 Å². The zero-order chi connectivity index (χ0) is 9.71. The van der Waals surface area contributed by atoms with Crippen LogP contribution in [-0.2, 0) is 13.0 Å². The molecule has 0 amide bonds. The standard InChI is InChI=1S/C11H15ClN2/c1-7-2-5-9-10(12)13-11(8-3-4-8)14(9)6-7/h7-8H,2-6H2,1H3. The van der Waals surface area contributed by atoms with Crippen molar-refractivity contribution in [2.24, 2.45) is 5.92 Å². The maximum atomic E-state index is 6.15. The van der Waals surface area contributed by atoms with E-state index in [1.807, 2.05) is 0 Å². The van der Waals surface area contributed by atoms with E-state index in [0.29, 0.717) is 5.92 Å². The van der Waals surface area contributed by atoms with Crippen molar-refractivity contribution < 1.29 is 0 Å². The Morgan fingerprint density at radius 3 is 2.86 bits per heavy atom. The molecule has 1 saturated carbocycles. The average molecular weight is 211 g/mol. The third-order valence-corrected chi connectivity index (χ3v) is 3.67. The fraction of sp³-hybridized carbons (Fsp3) is 0.727. The molecule has 2 heterocycles. The van der Waals surface area contributed by atoms with E-state index in [4.69, 9.17) is 11.6 Å². The highest BCUT2D eigenvalue weighted by Gasteiger charge is 2.32. The number of hydrogen-bond acceptors (Lipinski definition) is 1. The molecule has 76 valence electrons. The molecule has 0 spiro atoms. The molecule has 0 radical (unpaired) electrons. The van der Waals surface area contributed by atoms with E-state index >= 15 is 0 Å². The summed E-state index contributed by atoms with van der Waals surface area (Å²) in [7, 11) is 0. The Bertz CT molecular complexity index is 366. The van der Waals surface area contributed by atoms with Crippen LogP contribution in [-0.4, -0.2) is 9.55 Å². The molecule has 1 aliphatic carbocycles. The first-order valence-electron chi connectivity index (χ1n) is 5.50. The van der Waals surface area contributed by atoms with E-state index in [0.717, 1.165) is 24.0 Å². The molecule has 2 aliphatic rings. The van der Waals surface area contributed by atoms with E-state index in [2.05, 4.69) is 16.5 Å². The molecular formula is C11H15ClN2. The van der Waals surface area contributed by atoms with Crippen LogP contribution < -0.4 is 0 Å². The Hall–Kier alpha value is -0.500. The molecule has 3 heteroatoms. The summed E-state index contributed by atoms with van der Waals surface area (Å²) in [4.78, 5) is 4.52. The highest BCUT2D eigenvalue weighted by Crippen LogP contribution is 2.42. The van der Waals surface area contributed by atoms with Crippen LogP contribution in [0.25, 0.3) is 0 Å². The third kappa shape index (κ3) is 1.28. The van der Waals surface area contributed by atoms with Gasteiger partial charge < -0.3 is 4.57 Å². The molecule has 2 nitrogen and oxygen atoms in total. The fourth-order valence-electron chi connectivity index (χ4n) is 2.36. The van der Waals surface area contributed by atoms with Gasteiger partial charge in [-0.3, -0.25) is 0 Å². The lowest BCUT2D eigenvalue weighted by atomic mass is 10.0. The Morgan fingerprint density at radius 1 is 1.36 bits per heavy atom. The second-order valence-corrected chi connectivity index (χ2v) is 5.09. The molecule has 1 unspecified atom stereocenters. The Kier molecular flexibility index (Phi) is 1.88. The van der Waals surface area contributed by atoms with E-state index < -0.39 is 0 Å². The molecule has 0 aromatic carbocycles. The smallest absolute Gasteiger partial charge is 0.150 e. The van der Waals surface area contributed by atoms with E-state index in [1.54, 1.807) is 0 Å². The Morgan fingerprint density at radius 2 is 2.14 bits per heavy atom. The van der Waals surface area contributed by atoms with Gasteiger partial charge in [-0.05, 0) is 31.6 Å². The lowest BCUT2D eigenvalue weighted by Gasteiger charge is -2.22. The minimum absolute atomic E-state index is 0.714. The number of halogens is 1. The first kappa shape index (κ1) is 8.78. The van der Waals surface area contributed by atoms with Crippen LogP contribution in [0.1, 0.15) is 43.6 Å². The lowest BCUT2D eigenvalue weighted by Crippen LogP contribution is -2.19. The summed E-state index contributed by atoms with van der Waals surface area (Å²) < 4.78 is 2.38. The van der Waals surface area contributed by atoms with Crippen molar-refractivity contribution in [3.05, 3.63) is 16.7 Å². The normalized spacial score (nSPS) is 26.3. The highest BCUT2D eigenvalue weighted by atomic mass is 35.5. The second-order valence-electron chi connectivity index (χ2n) is 4.74. The van der Waals surface area contributed by atoms with Gasteiger partial charge in [0.25, 0.3) is 0 Å². The molecule has 1 aromatic rings. The summed E-state index contributed by atoms with van der Waals surface area (Å²) in [6.45, 7) is 3.44. The summed E-state index contributed by atoms with van der Waals surface area (Å²) in [6.07, 6.45) is 4.98. The number of hydrogen-bond donors (Lipinski definition) is 0. The van der Waals surface area contributed by atoms with Gasteiger partial charge in [0.2, 0.25) is 0 Å². The number of nitrogens with zero attached hydrogens (tertiary/aromatic N) is 2. The Balaban J connectivity index is 2.05. The van der Waals surface area contributed by atoms with Gasteiger partial charge in [-0.1, -0.05) is 18.5 Å². The van der Waals surface area contributed by atoms with Crippen molar-refractivity contribution in [2.45, 2.75) is 45.1 Å². The minimum Gasteiger partial charge on any atom is -0.330 e. The topological polar surface area (TPSA) is 17.8 Å². The molecule has 1 aliphatic heterocycles. The van der Waals surface area contributed by atoms with Crippen LogP contribution in [0.5, 0.6) is 0 Å². The van der Waals surface area contributed by atoms with Crippen LogP contribution in [0.2, 0.25) is 5.15 Å². The monoisotopic (exact) mass is 210 g/mol. The maximum Gasteiger partial charge on any atom is 0.150 e. The minimum atomic E-state index is 0.714. The van der Waals surface area contributed by atoms with Crippen LogP contribution >= 0.6 is 11.6 Å². The fourth-order valence-corrected chi connectivity index (χ4v) is 2.64. The van der Waals surface area contributed by atoms with Crippen molar-refractivity contribution in [3.8, 4) is 0 Å². The van der Waals surface area contributed by atoms with E-state index in [9.17, 15) is 0 Å². The molecule has 1 fully saturated rings.